The summed E-state index contributed by atoms with van der Waals surface area (Å²) in [5.74, 6) is 0. The lowest BCUT2D eigenvalue weighted by Crippen LogP contribution is -2.38. The van der Waals surface area contributed by atoms with Crippen molar-refractivity contribution in [2.75, 3.05) is 20.1 Å². The third-order valence-corrected chi connectivity index (χ3v) is 4.02. The Labute approximate surface area is 102 Å². The molecule has 1 rings (SSSR count). The molecule has 1 unspecified atom stereocenters. The monoisotopic (exact) mass is 226 g/mol. The molecule has 0 radical (unpaired) electrons. The lowest BCUT2D eigenvalue weighted by molar-refractivity contribution is 0.219. The quantitative estimate of drug-likeness (QED) is 0.700. The van der Waals surface area contributed by atoms with Gasteiger partial charge in [-0.2, -0.15) is 0 Å². The van der Waals surface area contributed by atoms with E-state index in [0.29, 0.717) is 6.04 Å². The highest BCUT2D eigenvalue weighted by atomic mass is 15.1. The van der Waals surface area contributed by atoms with Crippen LogP contribution in [0.2, 0.25) is 0 Å². The molecule has 2 heteroatoms. The number of nitrogens with one attached hydrogen (secondary N) is 1. The molecule has 0 saturated heterocycles. The highest BCUT2D eigenvalue weighted by Gasteiger charge is 2.16. The van der Waals surface area contributed by atoms with Crippen LogP contribution in [0.4, 0.5) is 0 Å². The first-order valence-corrected chi connectivity index (χ1v) is 7.17. The van der Waals surface area contributed by atoms with Gasteiger partial charge >= 0.3 is 0 Å². The highest BCUT2D eigenvalue weighted by molar-refractivity contribution is 4.73. The molecule has 96 valence electrons. The van der Waals surface area contributed by atoms with Crippen LogP contribution in [0.1, 0.15) is 58.8 Å². The molecule has 0 bridgehead atoms. The van der Waals surface area contributed by atoms with Crippen LogP contribution < -0.4 is 5.32 Å². The molecule has 0 heterocycles. The fraction of sp³-hybridized carbons (Fsp3) is 1.00. The summed E-state index contributed by atoms with van der Waals surface area (Å²) in [4.78, 5) is 2.57. The van der Waals surface area contributed by atoms with E-state index in [1.807, 2.05) is 0 Å². The Morgan fingerprint density at radius 2 is 1.81 bits per heavy atom. The summed E-state index contributed by atoms with van der Waals surface area (Å²) in [6, 6.07) is 1.52. The zero-order valence-corrected chi connectivity index (χ0v) is 11.5. The van der Waals surface area contributed by atoms with Crippen LogP contribution in [0.25, 0.3) is 0 Å². The summed E-state index contributed by atoms with van der Waals surface area (Å²) in [6.07, 6.45) is 9.85. The minimum Gasteiger partial charge on any atom is -0.313 e. The Balaban J connectivity index is 2.14. The van der Waals surface area contributed by atoms with Crippen LogP contribution in [-0.2, 0) is 0 Å². The molecule has 1 atom stereocenters. The smallest absolute Gasteiger partial charge is 0.0107 e. The Morgan fingerprint density at radius 1 is 1.19 bits per heavy atom. The van der Waals surface area contributed by atoms with Crippen molar-refractivity contribution in [3.05, 3.63) is 0 Å². The normalized spacial score (nSPS) is 21.0. The largest absolute Gasteiger partial charge is 0.313 e. The van der Waals surface area contributed by atoms with Crippen molar-refractivity contribution < 1.29 is 0 Å². The highest BCUT2D eigenvalue weighted by Crippen LogP contribution is 2.20. The van der Waals surface area contributed by atoms with E-state index in [0.717, 1.165) is 12.6 Å². The van der Waals surface area contributed by atoms with Crippen molar-refractivity contribution in [2.45, 2.75) is 70.9 Å². The van der Waals surface area contributed by atoms with Crippen LogP contribution >= 0.6 is 0 Å². The number of hydrogen-bond acceptors (Lipinski definition) is 2. The van der Waals surface area contributed by atoms with Gasteiger partial charge in [0.05, 0.1) is 0 Å². The molecule has 1 fully saturated rings. The van der Waals surface area contributed by atoms with E-state index in [1.54, 1.807) is 0 Å². The second kappa shape index (κ2) is 8.08. The minimum atomic E-state index is 0.669. The molecule has 16 heavy (non-hydrogen) atoms. The summed E-state index contributed by atoms with van der Waals surface area (Å²) < 4.78 is 0. The Hall–Kier alpha value is -0.0800. The van der Waals surface area contributed by atoms with Crippen molar-refractivity contribution in [1.82, 2.24) is 10.2 Å². The Morgan fingerprint density at radius 3 is 2.38 bits per heavy atom. The van der Waals surface area contributed by atoms with Crippen molar-refractivity contribution in [3.8, 4) is 0 Å². The van der Waals surface area contributed by atoms with E-state index in [9.17, 15) is 0 Å². The Bertz CT molecular complexity index is 162. The predicted octanol–water partition coefficient (Wildman–Crippen LogP) is 3.03. The molecule has 0 aromatic carbocycles. The van der Waals surface area contributed by atoms with Gasteiger partial charge in [0.25, 0.3) is 0 Å². The first-order valence-electron chi connectivity index (χ1n) is 7.17. The van der Waals surface area contributed by atoms with E-state index >= 15 is 0 Å². The minimum absolute atomic E-state index is 0.669. The lowest BCUT2D eigenvalue weighted by Gasteiger charge is -2.27. The predicted molar refractivity (Wildman–Crippen MR) is 71.9 cm³/mol. The summed E-state index contributed by atoms with van der Waals surface area (Å²) in [5.41, 5.74) is 0. The molecule has 0 aliphatic heterocycles. The first-order chi connectivity index (χ1) is 7.74. The fourth-order valence-corrected chi connectivity index (χ4v) is 2.51. The molecule has 0 amide bonds. The van der Waals surface area contributed by atoms with Crippen LogP contribution in [0.15, 0.2) is 0 Å². The van der Waals surface area contributed by atoms with Gasteiger partial charge in [-0.3, -0.25) is 0 Å². The maximum atomic E-state index is 3.58. The maximum absolute atomic E-state index is 3.58. The second-order valence-electron chi connectivity index (χ2n) is 5.39. The third kappa shape index (κ3) is 5.31. The van der Waals surface area contributed by atoms with Crippen LogP contribution in [0.3, 0.4) is 0 Å². The van der Waals surface area contributed by atoms with Crippen molar-refractivity contribution in [3.63, 3.8) is 0 Å². The Kier molecular flexibility index (Phi) is 7.06. The first kappa shape index (κ1) is 14.0. The number of likely N-dealkylation sites (N-methyl/N-ethyl adjacent to an activating group) is 1. The van der Waals surface area contributed by atoms with Gasteiger partial charge in [0.15, 0.2) is 0 Å². The fourth-order valence-electron chi connectivity index (χ4n) is 2.51. The van der Waals surface area contributed by atoms with Gasteiger partial charge in [0, 0.05) is 25.2 Å². The van der Waals surface area contributed by atoms with E-state index < -0.39 is 0 Å². The molecule has 0 spiro atoms. The van der Waals surface area contributed by atoms with Gasteiger partial charge < -0.3 is 10.2 Å². The third-order valence-electron chi connectivity index (χ3n) is 4.02. The zero-order chi connectivity index (χ0) is 11.8. The molecule has 2 nitrogen and oxygen atoms in total. The van der Waals surface area contributed by atoms with Crippen molar-refractivity contribution >= 4 is 0 Å². The van der Waals surface area contributed by atoms with Gasteiger partial charge in [-0.1, -0.05) is 32.6 Å². The van der Waals surface area contributed by atoms with Crippen LogP contribution in [0, 0.1) is 0 Å². The van der Waals surface area contributed by atoms with Crippen LogP contribution in [0.5, 0.6) is 0 Å². The summed E-state index contributed by atoms with van der Waals surface area (Å²) in [6.45, 7) is 6.86. The number of hydrogen-bond donors (Lipinski definition) is 1. The zero-order valence-electron chi connectivity index (χ0n) is 11.5. The molecule has 1 aliphatic rings. The molecule has 0 aromatic heterocycles. The molecule has 1 saturated carbocycles. The van der Waals surface area contributed by atoms with Crippen molar-refractivity contribution in [2.24, 2.45) is 0 Å². The van der Waals surface area contributed by atoms with Gasteiger partial charge in [-0.15, -0.1) is 0 Å². The van der Waals surface area contributed by atoms with Gasteiger partial charge in [-0.25, -0.2) is 0 Å². The van der Waals surface area contributed by atoms with Gasteiger partial charge in [0.2, 0.25) is 0 Å². The van der Waals surface area contributed by atoms with E-state index in [1.165, 1.54) is 51.5 Å². The van der Waals surface area contributed by atoms with Crippen LogP contribution in [-0.4, -0.2) is 37.1 Å². The lowest BCUT2D eigenvalue weighted by atomic mass is 10.1. The van der Waals surface area contributed by atoms with E-state index in [-0.39, 0.29) is 0 Å². The molecular formula is C14H30N2. The summed E-state index contributed by atoms with van der Waals surface area (Å²) in [7, 11) is 2.30. The SMILES string of the molecule is CCC(C)NCCN(C)C1CCCCCC1. The summed E-state index contributed by atoms with van der Waals surface area (Å²) in [5, 5.41) is 3.58. The average molecular weight is 226 g/mol. The topological polar surface area (TPSA) is 15.3 Å². The van der Waals surface area contributed by atoms with Gasteiger partial charge in [-0.05, 0) is 33.2 Å². The average Bonchev–Trinajstić information content (AvgIpc) is 2.57. The van der Waals surface area contributed by atoms with E-state index in [4.69, 9.17) is 0 Å². The molecule has 1 N–H and O–H groups in total. The summed E-state index contributed by atoms with van der Waals surface area (Å²) >= 11 is 0. The molecule has 1 aliphatic carbocycles. The maximum Gasteiger partial charge on any atom is 0.0107 e. The van der Waals surface area contributed by atoms with E-state index in [2.05, 4.69) is 31.1 Å². The second-order valence-corrected chi connectivity index (χ2v) is 5.39. The van der Waals surface area contributed by atoms with Gasteiger partial charge in [0.1, 0.15) is 0 Å². The van der Waals surface area contributed by atoms with Crippen molar-refractivity contribution in [1.29, 1.82) is 0 Å². The number of nitrogens with zero attached hydrogens (tertiary/aromatic N) is 1. The molecule has 0 aromatic rings. The standard InChI is InChI=1S/C14H30N2/c1-4-13(2)15-11-12-16(3)14-9-7-5-6-8-10-14/h13-15H,4-12H2,1-3H3. The number of rotatable bonds is 6. The molecular weight excluding hydrogens is 196 g/mol.